The third kappa shape index (κ3) is 3.05. The molecule has 5 heteroatoms. The molecule has 1 saturated heterocycles. The van der Waals surface area contributed by atoms with Crippen LogP contribution in [0.5, 0.6) is 0 Å². The van der Waals surface area contributed by atoms with Gasteiger partial charge in [0.15, 0.2) is 0 Å². The first-order chi connectivity index (χ1) is 12.2. The maximum absolute atomic E-state index is 12.9. The molecule has 0 spiro atoms. The Labute approximate surface area is 146 Å². The van der Waals surface area contributed by atoms with E-state index in [0.717, 1.165) is 24.1 Å². The number of nitrogens with zero attached hydrogens (tertiary/aromatic N) is 4. The van der Waals surface area contributed by atoms with Crippen molar-refractivity contribution in [1.29, 1.82) is 0 Å². The van der Waals surface area contributed by atoms with Crippen molar-refractivity contribution in [1.82, 2.24) is 14.9 Å². The molecule has 0 atom stereocenters. The van der Waals surface area contributed by atoms with Crippen LogP contribution in [0.4, 0.5) is 5.69 Å². The molecule has 1 aromatic heterocycles. The summed E-state index contributed by atoms with van der Waals surface area (Å²) in [4.78, 5) is 26.2. The summed E-state index contributed by atoms with van der Waals surface area (Å²) < 4.78 is 0. The van der Waals surface area contributed by atoms with Gasteiger partial charge in [-0.1, -0.05) is 30.3 Å². The number of anilines is 1. The van der Waals surface area contributed by atoms with Crippen molar-refractivity contribution in [3.05, 3.63) is 66.0 Å². The lowest BCUT2D eigenvalue weighted by atomic mass is 10.2. The third-order valence-corrected chi connectivity index (χ3v) is 4.64. The normalized spacial score (nSPS) is 14.8. The lowest BCUT2D eigenvalue weighted by molar-refractivity contribution is 0.0740. The molecular weight excluding hydrogens is 312 g/mol. The van der Waals surface area contributed by atoms with Gasteiger partial charge in [-0.2, -0.15) is 0 Å². The summed E-state index contributed by atoms with van der Waals surface area (Å²) in [6.07, 6.45) is 0. The van der Waals surface area contributed by atoms with E-state index in [2.05, 4.69) is 27.0 Å². The van der Waals surface area contributed by atoms with Gasteiger partial charge < -0.3 is 9.80 Å². The first-order valence-corrected chi connectivity index (χ1v) is 8.55. The first-order valence-electron chi connectivity index (χ1n) is 8.55. The van der Waals surface area contributed by atoms with E-state index in [4.69, 9.17) is 0 Å². The van der Waals surface area contributed by atoms with Crippen LogP contribution in [0.3, 0.4) is 0 Å². The average Bonchev–Trinajstić information content (AvgIpc) is 2.68. The minimum Gasteiger partial charge on any atom is -0.368 e. The molecule has 1 fully saturated rings. The Bertz CT molecular complexity index is 902. The molecule has 5 nitrogen and oxygen atoms in total. The summed E-state index contributed by atoms with van der Waals surface area (Å²) in [7, 11) is 0. The zero-order chi connectivity index (χ0) is 17.2. The van der Waals surface area contributed by atoms with E-state index in [9.17, 15) is 4.79 Å². The highest BCUT2D eigenvalue weighted by Gasteiger charge is 2.25. The molecule has 0 radical (unpaired) electrons. The van der Waals surface area contributed by atoms with Crippen LogP contribution < -0.4 is 4.90 Å². The van der Waals surface area contributed by atoms with Gasteiger partial charge in [0.1, 0.15) is 5.69 Å². The molecule has 3 aromatic rings. The van der Waals surface area contributed by atoms with E-state index in [1.807, 2.05) is 54.3 Å². The van der Waals surface area contributed by atoms with Crippen LogP contribution in [0.15, 0.2) is 54.6 Å². The molecule has 1 aliphatic rings. The Morgan fingerprint density at radius 2 is 1.44 bits per heavy atom. The molecule has 1 aliphatic heterocycles. The number of amides is 1. The number of carbonyl (C=O) groups is 1. The van der Waals surface area contributed by atoms with Gasteiger partial charge >= 0.3 is 0 Å². The van der Waals surface area contributed by atoms with Gasteiger partial charge in [0.25, 0.3) is 5.91 Å². The summed E-state index contributed by atoms with van der Waals surface area (Å²) in [5, 5.41) is 0. The van der Waals surface area contributed by atoms with E-state index < -0.39 is 0 Å². The average molecular weight is 332 g/mol. The quantitative estimate of drug-likeness (QED) is 0.724. The number of piperazine rings is 1. The predicted octanol–water partition coefficient (Wildman–Crippen LogP) is 2.90. The Kier molecular flexibility index (Phi) is 4.06. The number of hydrogen-bond donors (Lipinski definition) is 0. The van der Waals surface area contributed by atoms with Crippen molar-refractivity contribution in [2.45, 2.75) is 6.92 Å². The maximum atomic E-state index is 12.9. The fourth-order valence-corrected chi connectivity index (χ4v) is 3.25. The second-order valence-corrected chi connectivity index (χ2v) is 6.26. The SMILES string of the molecule is Cc1nc2ccccc2nc1C(=O)N1CCN(c2ccccc2)CC1. The van der Waals surface area contributed by atoms with Crippen molar-refractivity contribution in [3.63, 3.8) is 0 Å². The minimum atomic E-state index is -0.0246. The molecule has 2 heterocycles. The molecule has 1 amide bonds. The van der Waals surface area contributed by atoms with Crippen LogP contribution in [0.25, 0.3) is 11.0 Å². The topological polar surface area (TPSA) is 49.3 Å². The highest BCUT2D eigenvalue weighted by atomic mass is 16.2. The summed E-state index contributed by atoms with van der Waals surface area (Å²) in [6, 6.07) is 18.0. The zero-order valence-electron chi connectivity index (χ0n) is 14.2. The van der Waals surface area contributed by atoms with Gasteiger partial charge in [-0.25, -0.2) is 9.97 Å². The lowest BCUT2D eigenvalue weighted by Crippen LogP contribution is -2.49. The highest BCUT2D eigenvalue weighted by Crippen LogP contribution is 2.18. The number of carbonyl (C=O) groups excluding carboxylic acids is 1. The number of hydrogen-bond acceptors (Lipinski definition) is 4. The molecule has 0 aliphatic carbocycles. The molecule has 126 valence electrons. The molecule has 25 heavy (non-hydrogen) atoms. The molecule has 4 rings (SSSR count). The maximum Gasteiger partial charge on any atom is 0.274 e. The van der Waals surface area contributed by atoms with Gasteiger partial charge in [-0.15, -0.1) is 0 Å². The lowest BCUT2D eigenvalue weighted by Gasteiger charge is -2.36. The van der Waals surface area contributed by atoms with Crippen LogP contribution in [0.2, 0.25) is 0 Å². The second kappa shape index (κ2) is 6.51. The summed E-state index contributed by atoms with van der Waals surface area (Å²) >= 11 is 0. The van der Waals surface area contributed by atoms with Crippen LogP contribution >= 0.6 is 0 Å². The van der Waals surface area contributed by atoms with Crippen molar-refractivity contribution in [3.8, 4) is 0 Å². The van der Waals surface area contributed by atoms with E-state index in [1.54, 1.807) is 0 Å². The predicted molar refractivity (Wildman–Crippen MR) is 98.8 cm³/mol. The summed E-state index contributed by atoms with van der Waals surface area (Å²) in [5.41, 5.74) is 3.95. The number of aromatic nitrogens is 2. The van der Waals surface area contributed by atoms with E-state index in [1.165, 1.54) is 5.69 Å². The van der Waals surface area contributed by atoms with Gasteiger partial charge in [0, 0.05) is 31.9 Å². The molecule has 0 N–H and O–H groups in total. The van der Waals surface area contributed by atoms with Crippen LogP contribution in [-0.2, 0) is 0 Å². The van der Waals surface area contributed by atoms with Crippen molar-refractivity contribution in [2.75, 3.05) is 31.1 Å². The van der Waals surface area contributed by atoms with E-state index in [0.29, 0.717) is 24.5 Å². The fraction of sp³-hybridized carbons (Fsp3) is 0.250. The smallest absolute Gasteiger partial charge is 0.274 e. The van der Waals surface area contributed by atoms with E-state index in [-0.39, 0.29) is 5.91 Å². The van der Waals surface area contributed by atoms with Crippen molar-refractivity contribution >= 4 is 22.6 Å². The Morgan fingerprint density at radius 1 is 0.840 bits per heavy atom. The molecule has 0 bridgehead atoms. The van der Waals surface area contributed by atoms with Gasteiger partial charge in [-0.3, -0.25) is 4.79 Å². The Balaban J connectivity index is 1.52. The monoisotopic (exact) mass is 332 g/mol. The van der Waals surface area contributed by atoms with Crippen LogP contribution in [0, 0.1) is 6.92 Å². The number of benzene rings is 2. The van der Waals surface area contributed by atoms with Crippen LogP contribution in [0.1, 0.15) is 16.2 Å². The van der Waals surface area contributed by atoms with Gasteiger partial charge in [0.2, 0.25) is 0 Å². The number of rotatable bonds is 2. The zero-order valence-corrected chi connectivity index (χ0v) is 14.2. The number of aryl methyl sites for hydroxylation is 1. The molecule has 2 aromatic carbocycles. The van der Waals surface area contributed by atoms with E-state index >= 15 is 0 Å². The fourth-order valence-electron chi connectivity index (χ4n) is 3.25. The standard InChI is InChI=1S/C20H20N4O/c1-15-19(22-18-10-6-5-9-17(18)21-15)20(25)24-13-11-23(12-14-24)16-7-3-2-4-8-16/h2-10H,11-14H2,1H3. The molecule has 0 unspecified atom stereocenters. The van der Waals surface area contributed by atoms with Crippen molar-refractivity contribution in [2.24, 2.45) is 0 Å². The van der Waals surface area contributed by atoms with Crippen molar-refractivity contribution < 1.29 is 4.79 Å². The highest BCUT2D eigenvalue weighted by molar-refractivity contribution is 5.95. The summed E-state index contributed by atoms with van der Waals surface area (Å²) in [6.45, 7) is 4.90. The van der Waals surface area contributed by atoms with Crippen LogP contribution in [-0.4, -0.2) is 47.0 Å². The number of para-hydroxylation sites is 3. The first kappa shape index (κ1) is 15.6. The molecular formula is C20H20N4O. The largest absolute Gasteiger partial charge is 0.368 e. The summed E-state index contributed by atoms with van der Waals surface area (Å²) in [5.74, 6) is -0.0246. The molecule has 0 saturated carbocycles. The Morgan fingerprint density at radius 3 is 2.12 bits per heavy atom. The Hall–Kier alpha value is -2.95. The van der Waals surface area contributed by atoms with Gasteiger partial charge in [0.05, 0.1) is 16.7 Å². The number of fused-ring (bicyclic) bond motifs is 1. The third-order valence-electron chi connectivity index (χ3n) is 4.64. The minimum absolute atomic E-state index is 0.0246. The second-order valence-electron chi connectivity index (χ2n) is 6.26. The van der Waals surface area contributed by atoms with Gasteiger partial charge in [-0.05, 0) is 31.2 Å².